The number of benzene rings is 1. The van der Waals surface area contributed by atoms with E-state index in [9.17, 15) is 9.59 Å². The number of ether oxygens (including phenoxy) is 1. The van der Waals surface area contributed by atoms with E-state index < -0.39 is 12.1 Å². The lowest BCUT2D eigenvalue weighted by Gasteiger charge is -2.33. The van der Waals surface area contributed by atoms with Gasteiger partial charge < -0.3 is 14.7 Å². The lowest BCUT2D eigenvalue weighted by Crippen LogP contribution is -2.40. The predicted octanol–water partition coefficient (Wildman–Crippen LogP) is 3.23. The quantitative estimate of drug-likeness (QED) is 0.669. The van der Waals surface area contributed by atoms with Crippen LogP contribution in [0.15, 0.2) is 54.6 Å². The summed E-state index contributed by atoms with van der Waals surface area (Å²) in [6.45, 7) is 4.77. The van der Waals surface area contributed by atoms with Gasteiger partial charge in [0.1, 0.15) is 6.61 Å². The topological polar surface area (TPSA) is 66.8 Å². The number of rotatable bonds is 5. The molecule has 0 aromatic heterocycles. The summed E-state index contributed by atoms with van der Waals surface area (Å²) in [4.78, 5) is 24.7. The molecule has 1 aromatic carbocycles. The van der Waals surface area contributed by atoms with Crippen LogP contribution in [0.5, 0.6) is 0 Å². The second kappa shape index (κ2) is 8.17. The van der Waals surface area contributed by atoms with Crippen molar-refractivity contribution in [3.05, 3.63) is 60.2 Å². The molecule has 2 rings (SSSR count). The highest BCUT2D eigenvalue weighted by atomic mass is 16.6. The average Bonchev–Trinajstić information content (AvgIpc) is 2.55. The number of carbonyl (C=O) groups is 2. The zero-order chi connectivity index (χ0) is 16.7. The molecule has 5 nitrogen and oxygen atoms in total. The molecule has 122 valence electrons. The number of hydrogen-bond donors (Lipinski definition) is 1. The summed E-state index contributed by atoms with van der Waals surface area (Å²) in [7, 11) is 0. The summed E-state index contributed by atoms with van der Waals surface area (Å²) in [5.74, 6) is -0.865. The Hall–Kier alpha value is -2.56. The van der Waals surface area contributed by atoms with Crippen LogP contribution in [0.3, 0.4) is 0 Å². The molecule has 0 saturated carbocycles. The molecule has 1 aromatic rings. The van der Waals surface area contributed by atoms with E-state index in [4.69, 9.17) is 9.84 Å². The van der Waals surface area contributed by atoms with Gasteiger partial charge in [-0.25, -0.2) is 9.59 Å². The van der Waals surface area contributed by atoms with Crippen molar-refractivity contribution in [2.45, 2.75) is 19.4 Å². The molecule has 0 aliphatic carbocycles. The highest BCUT2D eigenvalue weighted by molar-refractivity contribution is 5.81. The second-order valence-corrected chi connectivity index (χ2v) is 5.53. The van der Waals surface area contributed by atoms with Crippen molar-refractivity contribution in [2.75, 3.05) is 13.1 Å². The molecule has 0 bridgehead atoms. The van der Waals surface area contributed by atoms with Crippen LogP contribution in [0.25, 0.3) is 0 Å². The first-order chi connectivity index (χ1) is 11.1. The van der Waals surface area contributed by atoms with Crippen molar-refractivity contribution in [3.63, 3.8) is 0 Å². The van der Waals surface area contributed by atoms with Gasteiger partial charge in [-0.3, -0.25) is 0 Å². The molecule has 1 heterocycles. The van der Waals surface area contributed by atoms with E-state index >= 15 is 0 Å². The van der Waals surface area contributed by atoms with Gasteiger partial charge in [-0.15, -0.1) is 6.58 Å². The van der Waals surface area contributed by atoms with Crippen LogP contribution in [-0.4, -0.2) is 35.2 Å². The first-order valence-corrected chi connectivity index (χ1v) is 7.60. The smallest absolute Gasteiger partial charge is 0.410 e. The lowest BCUT2D eigenvalue weighted by atomic mass is 9.88. The minimum atomic E-state index is -0.992. The number of carbonyl (C=O) groups excluding carboxylic acids is 1. The standard InChI is InChI=1S/C18H21NO4/c1-2-6-15-9-10-19(12-16(15)11-17(20)21)18(22)23-13-14-7-4-3-5-8-14/h2-5,7-8,11,15H,1,6,9-10,12-13H2,(H,20,21)/b16-11+. The van der Waals surface area contributed by atoms with Crippen LogP contribution in [0, 0.1) is 5.92 Å². The molecule has 0 radical (unpaired) electrons. The van der Waals surface area contributed by atoms with Gasteiger partial charge >= 0.3 is 12.1 Å². The van der Waals surface area contributed by atoms with E-state index in [1.165, 1.54) is 6.08 Å². The van der Waals surface area contributed by atoms with Gasteiger partial charge in [0.15, 0.2) is 0 Å². The Labute approximate surface area is 135 Å². The van der Waals surface area contributed by atoms with E-state index in [0.717, 1.165) is 11.1 Å². The average molecular weight is 315 g/mol. The molecular weight excluding hydrogens is 294 g/mol. The monoisotopic (exact) mass is 315 g/mol. The summed E-state index contributed by atoms with van der Waals surface area (Å²) in [6, 6.07) is 9.45. The molecule has 1 aliphatic rings. The molecule has 0 spiro atoms. The summed E-state index contributed by atoms with van der Waals surface area (Å²) >= 11 is 0. The van der Waals surface area contributed by atoms with Gasteiger partial charge in [0, 0.05) is 19.2 Å². The number of carboxylic acids is 1. The molecule has 1 amide bonds. The van der Waals surface area contributed by atoms with Crippen molar-refractivity contribution in [1.82, 2.24) is 4.90 Å². The predicted molar refractivity (Wildman–Crippen MR) is 86.8 cm³/mol. The third-order valence-electron chi connectivity index (χ3n) is 3.87. The molecule has 1 fully saturated rings. The number of allylic oxidation sites excluding steroid dienone is 1. The van der Waals surface area contributed by atoms with Crippen LogP contribution < -0.4 is 0 Å². The number of likely N-dealkylation sites (tertiary alicyclic amines) is 1. The minimum Gasteiger partial charge on any atom is -0.478 e. The Bertz CT molecular complexity index is 594. The minimum absolute atomic E-state index is 0.127. The SMILES string of the molecule is C=CCC1CCN(C(=O)OCc2ccccc2)C/C1=C\C(=O)O. The summed E-state index contributed by atoms with van der Waals surface area (Å²) in [5.41, 5.74) is 1.66. The molecule has 23 heavy (non-hydrogen) atoms. The third kappa shape index (κ3) is 4.98. The number of hydrogen-bond acceptors (Lipinski definition) is 3. The first-order valence-electron chi connectivity index (χ1n) is 7.60. The summed E-state index contributed by atoms with van der Waals surface area (Å²) < 4.78 is 5.31. The summed E-state index contributed by atoms with van der Waals surface area (Å²) in [6.07, 6.45) is 3.99. The normalized spacial score (nSPS) is 19.4. The second-order valence-electron chi connectivity index (χ2n) is 5.53. The molecule has 5 heteroatoms. The highest BCUT2D eigenvalue weighted by Gasteiger charge is 2.27. The van der Waals surface area contributed by atoms with Gasteiger partial charge in [-0.2, -0.15) is 0 Å². The van der Waals surface area contributed by atoms with Crippen molar-refractivity contribution >= 4 is 12.1 Å². The van der Waals surface area contributed by atoms with Crippen molar-refractivity contribution in [2.24, 2.45) is 5.92 Å². The Kier molecular flexibility index (Phi) is 5.97. The molecule has 1 saturated heterocycles. The molecule has 1 aliphatic heterocycles. The zero-order valence-corrected chi connectivity index (χ0v) is 13.0. The van der Waals surface area contributed by atoms with Crippen LogP contribution >= 0.6 is 0 Å². The largest absolute Gasteiger partial charge is 0.478 e. The van der Waals surface area contributed by atoms with E-state index in [-0.39, 0.29) is 12.5 Å². The maximum Gasteiger partial charge on any atom is 0.410 e. The van der Waals surface area contributed by atoms with E-state index in [1.807, 2.05) is 30.3 Å². The van der Waals surface area contributed by atoms with Gasteiger partial charge in [0.2, 0.25) is 0 Å². The number of aliphatic carboxylic acids is 1. The molecule has 1 atom stereocenters. The van der Waals surface area contributed by atoms with Crippen LogP contribution in [0.1, 0.15) is 18.4 Å². The zero-order valence-electron chi connectivity index (χ0n) is 13.0. The van der Waals surface area contributed by atoms with Crippen LogP contribution in [-0.2, 0) is 16.1 Å². The number of nitrogens with zero attached hydrogens (tertiary/aromatic N) is 1. The highest BCUT2D eigenvalue weighted by Crippen LogP contribution is 2.26. The maximum atomic E-state index is 12.2. The fraction of sp³-hybridized carbons (Fsp3) is 0.333. The fourth-order valence-corrected chi connectivity index (χ4v) is 2.68. The van der Waals surface area contributed by atoms with Gasteiger partial charge in [0.25, 0.3) is 0 Å². The van der Waals surface area contributed by atoms with Crippen molar-refractivity contribution in [1.29, 1.82) is 0 Å². The van der Waals surface area contributed by atoms with Crippen LogP contribution in [0.4, 0.5) is 4.79 Å². The Morgan fingerprint density at radius 3 is 2.74 bits per heavy atom. The maximum absolute atomic E-state index is 12.2. The molecule has 1 N–H and O–H groups in total. The number of carboxylic acid groups (broad SMARTS) is 1. The Morgan fingerprint density at radius 2 is 2.09 bits per heavy atom. The van der Waals surface area contributed by atoms with Crippen molar-refractivity contribution < 1.29 is 19.4 Å². The van der Waals surface area contributed by atoms with Crippen LogP contribution in [0.2, 0.25) is 0 Å². The van der Waals surface area contributed by atoms with Gasteiger partial charge in [-0.05, 0) is 29.9 Å². The van der Waals surface area contributed by atoms with E-state index in [2.05, 4.69) is 6.58 Å². The van der Waals surface area contributed by atoms with Crippen molar-refractivity contribution in [3.8, 4) is 0 Å². The number of piperidine rings is 1. The number of amides is 1. The molecular formula is C18H21NO4. The summed E-state index contributed by atoms with van der Waals surface area (Å²) in [5, 5.41) is 8.99. The van der Waals surface area contributed by atoms with E-state index in [0.29, 0.717) is 25.9 Å². The Morgan fingerprint density at radius 1 is 1.35 bits per heavy atom. The van der Waals surface area contributed by atoms with Gasteiger partial charge in [-0.1, -0.05) is 36.4 Å². The Balaban J connectivity index is 1.96. The fourth-order valence-electron chi connectivity index (χ4n) is 2.68. The molecule has 1 unspecified atom stereocenters. The van der Waals surface area contributed by atoms with Gasteiger partial charge in [0.05, 0.1) is 0 Å². The lowest BCUT2D eigenvalue weighted by molar-refractivity contribution is -0.131. The third-order valence-corrected chi connectivity index (χ3v) is 3.87. The first kappa shape index (κ1) is 16.8. The van der Waals surface area contributed by atoms with E-state index in [1.54, 1.807) is 11.0 Å².